The minimum atomic E-state index is -5.60. The van der Waals surface area contributed by atoms with E-state index in [1.165, 1.54) is 5.56 Å². The molecule has 3 aliphatic carbocycles. The van der Waals surface area contributed by atoms with Crippen LogP contribution in [0, 0.1) is 23.2 Å². The molecule has 13 heteroatoms. The van der Waals surface area contributed by atoms with Crippen molar-refractivity contribution in [1.82, 2.24) is 9.88 Å². The lowest BCUT2D eigenvalue weighted by atomic mass is 9.52. The molecule has 1 unspecified atom stereocenters. The summed E-state index contributed by atoms with van der Waals surface area (Å²) in [4.78, 5) is 19.1. The normalized spacial score (nSPS) is 28.4. The molecule has 6 rings (SSSR count). The number of amides is 1. The van der Waals surface area contributed by atoms with Gasteiger partial charge in [0.2, 0.25) is 0 Å². The number of benzene rings is 1. The Morgan fingerprint density at radius 1 is 1.08 bits per heavy atom. The fourth-order valence-corrected chi connectivity index (χ4v) is 10.4. The number of aromatic nitrogens is 1. The maximum absolute atomic E-state index is 13.3. The molecule has 1 aromatic carbocycles. The first-order valence-corrected chi connectivity index (χ1v) is 18.8. The van der Waals surface area contributed by atoms with Gasteiger partial charge in [-0.1, -0.05) is 19.1 Å². The van der Waals surface area contributed by atoms with Crippen LogP contribution in [-0.4, -0.2) is 68.2 Å². The highest BCUT2D eigenvalue weighted by Crippen LogP contribution is 2.63. The van der Waals surface area contributed by atoms with Crippen molar-refractivity contribution in [1.29, 1.82) is 0 Å². The molecule has 0 spiro atoms. The average Bonchev–Trinajstić information content (AvgIpc) is 3.64. The number of hydrogen-bond donors (Lipinski definition) is 1. The lowest BCUT2D eigenvalue weighted by molar-refractivity contribution is -0.284. The van der Waals surface area contributed by atoms with Crippen LogP contribution in [0.1, 0.15) is 86.6 Å². The van der Waals surface area contributed by atoms with E-state index < -0.39 is 41.8 Å². The first kappa shape index (κ1) is 36.2. The van der Waals surface area contributed by atoms with Crippen LogP contribution in [-0.2, 0) is 35.0 Å². The number of carbonyl (C=O) groups excluding carboxylic acids is 1. The molecule has 49 heavy (non-hydrogen) atoms. The van der Waals surface area contributed by atoms with E-state index in [9.17, 15) is 36.1 Å². The molecule has 2 saturated carbocycles. The summed E-state index contributed by atoms with van der Waals surface area (Å²) in [6, 6.07) is 9.73. The van der Waals surface area contributed by atoms with E-state index >= 15 is 0 Å². The number of rotatable bonds is 12. The van der Waals surface area contributed by atoms with Crippen molar-refractivity contribution in [3.63, 3.8) is 0 Å². The maximum Gasteiger partial charge on any atom is 0.453 e. The number of nitrogens with zero attached hydrogens (tertiary/aromatic N) is 2. The van der Waals surface area contributed by atoms with Crippen molar-refractivity contribution in [2.75, 3.05) is 24.7 Å². The third-order valence-electron chi connectivity index (χ3n) is 11.6. The summed E-state index contributed by atoms with van der Waals surface area (Å²) in [5.74, 6) is -3.05. The van der Waals surface area contributed by atoms with Crippen molar-refractivity contribution in [2.24, 2.45) is 23.2 Å². The molecule has 0 bridgehead atoms. The molecule has 7 atom stereocenters. The molecule has 1 amide bonds. The zero-order chi connectivity index (χ0) is 35.0. The Morgan fingerprint density at radius 3 is 2.63 bits per heavy atom. The molecule has 2 heterocycles. The monoisotopic (exact) mass is 712 g/mol. The number of ether oxygens (including phenoxy) is 2. The largest absolute Gasteiger partial charge is 0.453 e. The van der Waals surface area contributed by atoms with Crippen LogP contribution in [0.5, 0.6) is 5.75 Å². The first-order chi connectivity index (χ1) is 23.3. The van der Waals surface area contributed by atoms with E-state index in [4.69, 9.17) is 9.47 Å². The molecule has 0 radical (unpaired) electrons. The van der Waals surface area contributed by atoms with Gasteiger partial charge in [0.1, 0.15) is 5.75 Å². The smallest absolute Gasteiger partial charge is 0.410 e. The zero-order valence-corrected chi connectivity index (χ0v) is 28.5. The topological polar surface area (TPSA) is 89.0 Å². The van der Waals surface area contributed by atoms with Gasteiger partial charge in [0, 0.05) is 34.9 Å². The summed E-state index contributed by atoms with van der Waals surface area (Å²) in [6.45, 7) is 3.40. The van der Waals surface area contributed by atoms with Crippen LogP contribution in [0.15, 0.2) is 36.5 Å². The van der Waals surface area contributed by atoms with Crippen LogP contribution in [0.4, 0.5) is 26.7 Å². The number of pyridine rings is 1. The highest BCUT2D eigenvalue weighted by Gasteiger charge is 2.58. The zero-order valence-electron chi connectivity index (χ0n) is 27.7. The maximum atomic E-state index is 13.3. The van der Waals surface area contributed by atoms with Crippen LogP contribution in [0.25, 0.3) is 0 Å². The van der Waals surface area contributed by atoms with Crippen LogP contribution < -0.4 is 4.74 Å². The van der Waals surface area contributed by atoms with Crippen molar-refractivity contribution < 1.29 is 45.5 Å². The SMILES string of the molecule is C[C@]12CC[C@@H]3c4ccc(OC(=O)N5Cc6cccnc6C5)cc4C[C@@H](CCCS(=O)CCCC(F)(F)C(F)(F)F)[C@H]3[C@@H]1CC[C@@H]2OCCO. The molecule has 2 aromatic rings. The molecule has 270 valence electrons. The number of alkyl halides is 5. The van der Waals surface area contributed by atoms with Crippen molar-refractivity contribution in [3.8, 4) is 5.75 Å². The van der Waals surface area contributed by atoms with Crippen molar-refractivity contribution in [3.05, 3.63) is 58.9 Å². The van der Waals surface area contributed by atoms with E-state index in [1.807, 2.05) is 24.3 Å². The number of fused-ring (bicyclic) bond motifs is 6. The van der Waals surface area contributed by atoms with Gasteiger partial charge < -0.3 is 14.6 Å². The van der Waals surface area contributed by atoms with E-state index in [0.717, 1.165) is 55.3 Å². The Kier molecular flexibility index (Phi) is 10.7. The Balaban J connectivity index is 1.15. The Morgan fingerprint density at radius 2 is 1.88 bits per heavy atom. The van der Waals surface area contributed by atoms with Crippen LogP contribution in [0.2, 0.25) is 0 Å². The van der Waals surface area contributed by atoms with Gasteiger partial charge in [0.15, 0.2) is 0 Å². The highest BCUT2D eigenvalue weighted by molar-refractivity contribution is 7.84. The van der Waals surface area contributed by atoms with E-state index in [-0.39, 0.29) is 41.5 Å². The number of carbonyl (C=O) groups is 1. The molecule has 7 nitrogen and oxygen atoms in total. The molecular weight excluding hydrogens is 667 g/mol. The van der Waals surface area contributed by atoms with Crippen LogP contribution in [0.3, 0.4) is 0 Å². The predicted molar refractivity (Wildman–Crippen MR) is 174 cm³/mol. The molecule has 4 aliphatic rings. The van der Waals surface area contributed by atoms with E-state index in [1.54, 1.807) is 11.1 Å². The third kappa shape index (κ3) is 7.54. The third-order valence-corrected chi connectivity index (χ3v) is 13.1. The van der Waals surface area contributed by atoms with Gasteiger partial charge in [-0.2, -0.15) is 22.0 Å². The standard InChI is InChI=1S/C36H45F5N2O5S/c1-34-13-11-28-27-8-7-26(48-33(45)43-21-24-5-2-14-42-30(24)22-43)20-25(27)19-23(32(28)29(34)9-10-31(34)47-16-15-44)6-3-17-49(46)18-4-12-35(37,38)36(39,40)41/h2,5,7-8,14,20,23,28-29,31-32,44H,3-4,6,9-13,15-19,21-22H2,1H3/t23-,28-,29+,31+,32-,34+,49?/m1/s1. The van der Waals surface area contributed by atoms with Gasteiger partial charge in [-0.3, -0.25) is 14.1 Å². The predicted octanol–water partition coefficient (Wildman–Crippen LogP) is 7.56. The fraction of sp³-hybridized carbons (Fsp3) is 0.667. The number of halogens is 5. The first-order valence-electron chi connectivity index (χ1n) is 17.3. The molecule has 2 fully saturated rings. The second kappa shape index (κ2) is 14.5. The number of hydrogen-bond acceptors (Lipinski definition) is 6. The lowest BCUT2D eigenvalue weighted by Crippen LogP contribution is -2.48. The second-order valence-corrected chi connectivity index (χ2v) is 16.1. The quantitative estimate of drug-likeness (QED) is 0.229. The summed E-state index contributed by atoms with van der Waals surface area (Å²) in [6.07, 6.45) is -0.197. The van der Waals surface area contributed by atoms with E-state index in [0.29, 0.717) is 43.7 Å². The number of aliphatic hydroxyl groups excluding tert-OH is 1. The summed E-state index contributed by atoms with van der Waals surface area (Å²) in [5.41, 5.74) is 4.19. The Bertz CT molecular complexity index is 1500. The van der Waals surface area contributed by atoms with Crippen molar-refractivity contribution >= 4 is 16.9 Å². The van der Waals surface area contributed by atoms with Gasteiger partial charge in [-0.15, -0.1) is 0 Å². The van der Waals surface area contributed by atoms with Gasteiger partial charge in [0.05, 0.1) is 38.1 Å². The van der Waals surface area contributed by atoms with Gasteiger partial charge in [0.25, 0.3) is 0 Å². The van der Waals surface area contributed by atoms with Crippen LogP contribution >= 0.6 is 0 Å². The summed E-state index contributed by atoms with van der Waals surface area (Å²) in [5, 5.41) is 9.42. The summed E-state index contributed by atoms with van der Waals surface area (Å²) >= 11 is 0. The van der Waals surface area contributed by atoms with Crippen molar-refractivity contribution in [2.45, 2.75) is 102 Å². The molecule has 1 aliphatic heterocycles. The summed E-state index contributed by atoms with van der Waals surface area (Å²) < 4.78 is 89.0. The Labute approximate surface area is 286 Å². The van der Waals surface area contributed by atoms with Gasteiger partial charge in [-0.05, 0) is 115 Å². The molecule has 1 aromatic heterocycles. The minimum absolute atomic E-state index is 0.0290. The fourth-order valence-electron chi connectivity index (χ4n) is 9.23. The number of aliphatic hydroxyl groups is 1. The van der Waals surface area contributed by atoms with Gasteiger partial charge >= 0.3 is 18.2 Å². The molecule has 0 saturated heterocycles. The lowest BCUT2D eigenvalue weighted by Gasteiger charge is -2.53. The van der Waals surface area contributed by atoms with E-state index in [2.05, 4.69) is 18.0 Å². The highest BCUT2D eigenvalue weighted by atomic mass is 32.2. The van der Waals surface area contributed by atoms with Gasteiger partial charge in [-0.25, -0.2) is 4.79 Å². The second-order valence-electron chi connectivity index (χ2n) is 14.4. The Hall–Kier alpha value is -2.64. The minimum Gasteiger partial charge on any atom is -0.410 e. The average molecular weight is 713 g/mol. The molecular formula is C36H45F5N2O5S. The summed E-state index contributed by atoms with van der Waals surface area (Å²) in [7, 11) is -1.50. The molecule has 1 N–H and O–H groups in total.